The molecule has 0 radical (unpaired) electrons. The van der Waals surface area contributed by atoms with Crippen LogP contribution in [0, 0.1) is 5.92 Å². The molecular formula is C16H22N4O. The minimum Gasteiger partial charge on any atom is -0.346 e. The van der Waals surface area contributed by atoms with Crippen molar-refractivity contribution in [2.24, 2.45) is 13.0 Å². The molecule has 2 aromatic rings. The van der Waals surface area contributed by atoms with Gasteiger partial charge in [0.05, 0.1) is 6.04 Å². The van der Waals surface area contributed by atoms with Gasteiger partial charge >= 0.3 is 0 Å². The zero-order valence-corrected chi connectivity index (χ0v) is 12.8. The molecule has 5 heteroatoms. The first-order valence-electron chi connectivity index (χ1n) is 7.23. The Morgan fingerprint density at radius 1 is 1.38 bits per heavy atom. The molecular weight excluding hydrogens is 264 g/mol. The second kappa shape index (κ2) is 7.02. The van der Waals surface area contributed by atoms with Gasteiger partial charge in [0, 0.05) is 38.3 Å². The molecule has 5 nitrogen and oxygen atoms in total. The Morgan fingerprint density at radius 3 is 2.76 bits per heavy atom. The van der Waals surface area contributed by atoms with Crippen molar-refractivity contribution >= 4 is 5.91 Å². The molecule has 0 bridgehead atoms. The largest absolute Gasteiger partial charge is 0.346 e. The summed E-state index contributed by atoms with van der Waals surface area (Å²) in [6.45, 7) is 4.17. The van der Waals surface area contributed by atoms with Crippen molar-refractivity contribution < 1.29 is 4.79 Å². The lowest BCUT2D eigenvalue weighted by molar-refractivity contribution is -0.122. The van der Waals surface area contributed by atoms with Gasteiger partial charge in [-0.05, 0) is 24.0 Å². The summed E-state index contributed by atoms with van der Waals surface area (Å²) in [6.07, 6.45) is 8.34. The molecule has 0 spiro atoms. The molecule has 0 aliphatic heterocycles. The van der Waals surface area contributed by atoms with Crippen LogP contribution in [0.15, 0.2) is 36.9 Å². The van der Waals surface area contributed by atoms with E-state index in [-0.39, 0.29) is 17.9 Å². The highest BCUT2D eigenvalue weighted by molar-refractivity contribution is 5.76. The molecule has 21 heavy (non-hydrogen) atoms. The fraction of sp³-hybridized carbons (Fsp3) is 0.438. The molecule has 1 atom stereocenters. The van der Waals surface area contributed by atoms with Gasteiger partial charge in [-0.3, -0.25) is 9.78 Å². The van der Waals surface area contributed by atoms with E-state index in [2.05, 4.69) is 29.1 Å². The van der Waals surface area contributed by atoms with Crippen LogP contribution >= 0.6 is 0 Å². The van der Waals surface area contributed by atoms with Crippen LogP contribution in [0.1, 0.15) is 37.7 Å². The summed E-state index contributed by atoms with van der Waals surface area (Å²) in [4.78, 5) is 20.6. The highest BCUT2D eigenvalue weighted by Gasteiger charge is 2.21. The number of nitrogens with zero attached hydrogens (tertiary/aromatic N) is 3. The number of aryl methyl sites for hydroxylation is 2. The number of aromatic nitrogens is 3. The second-order valence-corrected chi connectivity index (χ2v) is 5.55. The SMILES string of the molecule is CC(C)[C@@H](NC(=O)CCc1cccnc1)c1nccn1C. The number of hydrogen-bond acceptors (Lipinski definition) is 3. The maximum absolute atomic E-state index is 12.2. The topological polar surface area (TPSA) is 59.8 Å². The monoisotopic (exact) mass is 286 g/mol. The molecule has 0 fully saturated rings. The van der Waals surface area contributed by atoms with Gasteiger partial charge in [0.2, 0.25) is 5.91 Å². The van der Waals surface area contributed by atoms with Crippen molar-refractivity contribution in [3.8, 4) is 0 Å². The average molecular weight is 286 g/mol. The van der Waals surface area contributed by atoms with E-state index in [0.717, 1.165) is 11.4 Å². The Labute approximate surface area is 125 Å². The maximum atomic E-state index is 12.2. The molecule has 112 valence electrons. The summed E-state index contributed by atoms with van der Waals surface area (Å²) in [5.74, 6) is 1.22. The quantitative estimate of drug-likeness (QED) is 0.886. The van der Waals surface area contributed by atoms with Gasteiger partial charge in [0.15, 0.2) is 0 Å². The van der Waals surface area contributed by atoms with Crippen LogP contribution in [0.3, 0.4) is 0 Å². The molecule has 0 saturated heterocycles. The van der Waals surface area contributed by atoms with Crippen molar-refractivity contribution in [1.82, 2.24) is 19.9 Å². The first kappa shape index (κ1) is 15.2. The van der Waals surface area contributed by atoms with Crippen LogP contribution in [0.2, 0.25) is 0 Å². The maximum Gasteiger partial charge on any atom is 0.220 e. The number of rotatable bonds is 6. The van der Waals surface area contributed by atoms with Gasteiger partial charge in [0.1, 0.15) is 5.82 Å². The Kier molecular flexibility index (Phi) is 5.09. The van der Waals surface area contributed by atoms with E-state index in [4.69, 9.17) is 0 Å². The lowest BCUT2D eigenvalue weighted by atomic mass is 10.0. The highest BCUT2D eigenvalue weighted by atomic mass is 16.1. The van der Waals surface area contributed by atoms with E-state index >= 15 is 0 Å². The van der Waals surface area contributed by atoms with Gasteiger partial charge in [-0.1, -0.05) is 19.9 Å². The molecule has 1 amide bonds. The zero-order chi connectivity index (χ0) is 15.2. The number of hydrogen-bond donors (Lipinski definition) is 1. The van der Waals surface area contributed by atoms with Crippen molar-refractivity contribution in [2.45, 2.75) is 32.7 Å². The molecule has 0 unspecified atom stereocenters. The predicted molar refractivity (Wildman–Crippen MR) is 81.5 cm³/mol. The molecule has 0 aromatic carbocycles. The van der Waals surface area contributed by atoms with E-state index in [1.54, 1.807) is 18.6 Å². The predicted octanol–water partition coefficient (Wildman–Crippen LogP) is 2.26. The van der Waals surface area contributed by atoms with Gasteiger partial charge in [-0.2, -0.15) is 0 Å². The third kappa shape index (κ3) is 4.15. The number of pyridine rings is 1. The molecule has 2 heterocycles. The minimum absolute atomic E-state index is 0.0422. The van der Waals surface area contributed by atoms with Crippen molar-refractivity contribution in [3.05, 3.63) is 48.3 Å². The fourth-order valence-corrected chi connectivity index (χ4v) is 2.26. The van der Waals surface area contributed by atoms with E-state index in [9.17, 15) is 4.79 Å². The molecule has 0 saturated carbocycles. The van der Waals surface area contributed by atoms with Crippen LogP contribution in [0.5, 0.6) is 0 Å². The second-order valence-electron chi connectivity index (χ2n) is 5.55. The van der Waals surface area contributed by atoms with Gasteiger partial charge in [0.25, 0.3) is 0 Å². The number of nitrogens with one attached hydrogen (secondary N) is 1. The summed E-state index contributed by atoms with van der Waals surface area (Å²) >= 11 is 0. The Balaban J connectivity index is 1.95. The average Bonchev–Trinajstić information content (AvgIpc) is 2.89. The number of imidazole rings is 1. The van der Waals surface area contributed by atoms with Crippen LogP contribution < -0.4 is 5.32 Å². The van der Waals surface area contributed by atoms with Crippen molar-refractivity contribution in [3.63, 3.8) is 0 Å². The smallest absolute Gasteiger partial charge is 0.220 e. The first-order valence-corrected chi connectivity index (χ1v) is 7.23. The van der Waals surface area contributed by atoms with E-state index in [1.165, 1.54) is 0 Å². The van der Waals surface area contributed by atoms with Crippen LogP contribution in [-0.4, -0.2) is 20.4 Å². The van der Waals surface area contributed by atoms with Crippen molar-refractivity contribution in [2.75, 3.05) is 0 Å². The lowest BCUT2D eigenvalue weighted by Gasteiger charge is -2.22. The van der Waals surface area contributed by atoms with Crippen LogP contribution in [0.4, 0.5) is 0 Å². The minimum atomic E-state index is -0.0635. The lowest BCUT2D eigenvalue weighted by Crippen LogP contribution is -2.33. The molecule has 1 N–H and O–H groups in total. The summed E-state index contributed by atoms with van der Waals surface area (Å²) in [7, 11) is 1.94. The Morgan fingerprint density at radius 2 is 2.19 bits per heavy atom. The summed E-state index contributed by atoms with van der Waals surface area (Å²) < 4.78 is 1.95. The first-order chi connectivity index (χ1) is 10.1. The molecule has 2 aromatic heterocycles. The molecule has 2 rings (SSSR count). The Hall–Kier alpha value is -2.17. The fourth-order valence-electron chi connectivity index (χ4n) is 2.26. The summed E-state index contributed by atoms with van der Waals surface area (Å²) in [5, 5.41) is 3.09. The number of carbonyl (C=O) groups is 1. The van der Waals surface area contributed by atoms with Gasteiger partial charge in [-0.15, -0.1) is 0 Å². The Bertz CT molecular complexity index is 577. The molecule has 0 aliphatic rings. The molecule has 0 aliphatic carbocycles. The normalized spacial score (nSPS) is 12.4. The summed E-state index contributed by atoms with van der Waals surface area (Å²) in [5.41, 5.74) is 1.07. The van der Waals surface area contributed by atoms with E-state index in [0.29, 0.717) is 12.8 Å². The van der Waals surface area contributed by atoms with Crippen molar-refractivity contribution in [1.29, 1.82) is 0 Å². The standard InChI is InChI=1S/C16H22N4O/c1-12(2)15(16-18-9-10-20(16)3)19-14(21)7-6-13-5-4-8-17-11-13/h4-5,8-12,15H,6-7H2,1-3H3,(H,19,21)/t15-/m1/s1. The third-order valence-corrected chi connectivity index (χ3v) is 3.48. The zero-order valence-electron chi connectivity index (χ0n) is 12.8. The van der Waals surface area contributed by atoms with Gasteiger partial charge in [-0.25, -0.2) is 4.98 Å². The third-order valence-electron chi connectivity index (χ3n) is 3.48. The number of carbonyl (C=O) groups excluding carboxylic acids is 1. The van der Waals surface area contributed by atoms with Crippen LogP contribution in [-0.2, 0) is 18.3 Å². The van der Waals surface area contributed by atoms with Gasteiger partial charge < -0.3 is 9.88 Å². The van der Waals surface area contributed by atoms with E-state index < -0.39 is 0 Å². The van der Waals surface area contributed by atoms with Crippen LogP contribution in [0.25, 0.3) is 0 Å². The number of amides is 1. The van der Waals surface area contributed by atoms with E-state index in [1.807, 2.05) is 29.9 Å². The highest BCUT2D eigenvalue weighted by Crippen LogP contribution is 2.19. The summed E-state index contributed by atoms with van der Waals surface area (Å²) in [6, 6.07) is 3.81.